The molecule has 2 aromatic carbocycles. The minimum Gasteiger partial charge on any atom is -0.429 e. The molecule has 0 spiro atoms. The highest BCUT2D eigenvalue weighted by Crippen LogP contribution is 2.18. The van der Waals surface area contributed by atoms with Crippen LogP contribution >= 0.6 is 0 Å². The van der Waals surface area contributed by atoms with Crippen LogP contribution in [0.2, 0.25) is 0 Å². The maximum Gasteiger partial charge on any atom is 0.514 e. The van der Waals surface area contributed by atoms with Crippen molar-refractivity contribution >= 4 is 35.4 Å². The number of hydrogen-bond donors (Lipinski definition) is 5. The number of nitro groups is 1. The van der Waals surface area contributed by atoms with Crippen molar-refractivity contribution in [1.82, 2.24) is 10.6 Å². The number of non-ortho nitro benzene ring substituents is 1. The van der Waals surface area contributed by atoms with Crippen LogP contribution in [0.5, 0.6) is 5.75 Å². The summed E-state index contributed by atoms with van der Waals surface area (Å²) in [6.07, 6.45) is -0.388. The Bertz CT molecular complexity index is 1150. The van der Waals surface area contributed by atoms with Crippen LogP contribution in [0.3, 0.4) is 0 Å². The third kappa shape index (κ3) is 10.7. The average molecular weight is 545 g/mol. The molecular weight excluding hydrogens is 512 g/mol. The standard InChI is InChI=1S/C25H32N6O8/c1-15(2)21(26)23(33)30-20(4-3-13-28-24(27)34)22(32)29-17-7-5-16(6-8-17)14-38-25(35)39-19-11-9-18(10-12-19)31(36)37/h5-12,15,20-21H,3-4,13-14,26H2,1-2H3,(H,29,32)(H,30,33)(H3,27,28,34)/t20-,21-/m0/s1. The van der Waals surface area contributed by atoms with E-state index in [-0.39, 0.29) is 36.9 Å². The maximum absolute atomic E-state index is 12.9. The molecule has 0 unspecified atom stereocenters. The first-order valence-corrected chi connectivity index (χ1v) is 12.0. The molecule has 0 heterocycles. The predicted molar refractivity (Wildman–Crippen MR) is 141 cm³/mol. The minimum absolute atomic E-state index is 0.0880. The number of nitrogens with one attached hydrogen (secondary N) is 3. The number of primary amides is 1. The summed E-state index contributed by atoms with van der Waals surface area (Å²) < 4.78 is 10.0. The van der Waals surface area contributed by atoms with E-state index in [9.17, 15) is 29.3 Å². The molecule has 0 radical (unpaired) electrons. The number of anilines is 1. The van der Waals surface area contributed by atoms with Gasteiger partial charge in [-0.05, 0) is 48.6 Å². The quantitative estimate of drug-likeness (QED) is 0.0819. The molecule has 0 aliphatic carbocycles. The van der Waals surface area contributed by atoms with Crippen molar-refractivity contribution in [2.75, 3.05) is 11.9 Å². The Balaban J connectivity index is 1.91. The van der Waals surface area contributed by atoms with Gasteiger partial charge < -0.3 is 36.9 Å². The summed E-state index contributed by atoms with van der Waals surface area (Å²) in [5.74, 6) is -0.994. The second-order valence-electron chi connectivity index (χ2n) is 8.84. The number of hydrogen-bond acceptors (Lipinski definition) is 9. The van der Waals surface area contributed by atoms with Crippen molar-refractivity contribution in [1.29, 1.82) is 0 Å². The second-order valence-corrected chi connectivity index (χ2v) is 8.84. The van der Waals surface area contributed by atoms with Crippen LogP contribution in [-0.2, 0) is 20.9 Å². The van der Waals surface area contributed by atoms with Gasteiger partial charge in [0.05, 0.1) is 11.0 Å². The number of benzene rings is 2. The van der Waals surface area contributed by atoms with E-state index < -0.39 is 41.0 Å². The normalized spacial score (nSPS) is 12.1. The molecule has 210 valence electrons. The van der Waals surface area contributed by atoms with Gasteiger partial charge in [0.2, 0.25) is 11.8 Å². The highest BCUT2D eigenvalue weighted by molar-refractivity contribution is 5.97. The van der Waals surface area contributed by atoms with Gasteiger partial charge in [-0.25, -0.2) is 9.59 Å². The molecule has 0 saturated carbocycles. The Labute approximate surface area is 224 Å². The van der Waals surface area contributed by atoms with Crippen molar-refractivity contribution in [3.63, 3.8) is 0 Å². The van der Waals surface area contributed by atoms with Gasteiger partial charge in [-0.15, -0.1) is 0 Å². The highest BCUT2D eigenvalue weighted by atomic mass is 16.7. The third-order valence-corrected chi connectivity index (χ3v) is 5.45. The lowest BCUT2D eigenvalue weighted by Crippen LogP contribution is -2.51. The number of amides is 4. The lowest BCUT2D eigenvalue weighted by atomic mass is 10.0. The molecule has 2 rings (SSSR count). The Kier molecular flexibility index (Phi) is 11.6. The first-order valence-electron chi connectivity index (χ1n) is 12.0. The van der Waals surface area contributed by atoms with Crippen LogP contribution in [0.15, 0.2) is 48.5 Å². The van der Waals surface area contributed by atoms with Crippen LogP contribution in [0.1, 0.15) is 32.3 Å². The van der Waals surface area contributed by atoms with Gasteiger partial charge >= 0.3 is 12.2 Å². The number of rotatable bonds is 13. The fourth-order valence-corrected chi connectivity index (χ4v) is 3.17. The van der Waals surface area contributed by atoms with E-state index in [4.69, 9.17) is 20.9 Å². The fraction of sp³-hybridized carbons (Fsp3) is 0.360. The molecule has 14 heteroatoms. The number of nitrogens with two attached hydrogens (primary N) is 2. The molecule has 39 heavy (non-hydrogen) atoms. The molecule has 0 saturated heterocycles. The first-order chi connectivity index (χ1) is 18.5. The number of carbonyl (C=O) groups is 4. The second kappa shape index (κ2) is 14.9. The predicted octanol–water partition coefficient (Wildman–Crippen LogP) is 2.17. The first kappa shape index (κ1) is 30.5. The number of urea groups is 1. The van der Waals surface area contributed by atoms with Crippen LogP contribution in [0.25, 0.3) is 0 Å². The van der Waals surface area contributed by atoms with Crippen molar-refractivity contribution in [3.8, 4) is 5.75 Å². The SMILES string of the molecule is CC(C)[C@H](N)C(=O)N[C@@H](CCCNC(N)=O)C(=O)Nc1ccc(COC(=O)Oc2ccc([N+](=O)[O-])cc2)cc1. The highest BCUT2D eigenvalue weighted by Gasteiger charge is 2.25. The lowest BCUT2D eigenvalue weighted by molar-refractivity contribution is -0.384. The molecule has 0 aliphatic heterocycles. The topological polar surface area (TPSA) is 218 Å². The Morgan fingerprint density at radius 3 is 2.21 bits per heavy atom. The van der Waals surface area contributed by atoms with Gasteiger partial charge in [0.15, 0.2) is 0 Å². The van der Waals surface area contributed by atoms with Crippen LogP contribution in [0, 0.1) is 16.0 Å². The number of carbonyl (C=O) groups excluding carboxylic acids is 4. The molecule has 2 atom stereocenters. The number of nitro benzene ring substituents is 1. The molecule has 0 bridgehead atoms. The molecule has 14 nitrogen and oxygen atoms in total. The Morgan fingerprint density at radius 2 is 1.64 bits per heavy atom. The lowest BCUT2D eigenvalue weighted by Gasteiger charge is -2.22. The molecule has 7 N–H and O–H groups in total. The summed E-state index contributed by atoms with van der Waals surface area (Å²) in [4.78, 5) is 58.2. The van der Waals surface area contributed by atoms with Crippen LogP contribution < -0.4 is 32.2 Å². The van der Waals surface area contributed by atoms with E-state index in [1.165, 1.54) is 24.3 Å². The zero-order chi connectivity index (χ0) is 28.9. The molecular formula is C25H32N6O8. The van der Waals surface area contributed by atoms with Gasteiger partial charge in [-0.3, -0.25) is 19.7 Å². The summed E-state index contributed by atoms with van der Waals surface area (Å²) >= 11 is 0. The average Bonchev–Trinajstić information content (AvgIpc) is 2.89. The molecule has 0 aromatic heterocycles. The van der Waals surface area contributed by atoms with Crippen molar-refractivity contribution in [3.05, 3.63) is 64.2 Å². The summed E-state index contributed by atoms with van der Waals surface area (Å²) in [5, 5.41) is 18.5. The maximum atomic E-state index is 12.9. The summed E-state index contributed by atoms with van der Waals surface area (Å²) in [5.41, 5.74) is 11.8. The zero-order valence-electron chi connectivity index (χ0n) is 21.5. The molecule has 0 fully saturated rings. The third-order valence-electron chi connectivity index (χ3n) is 5.45. The van der Waals surface area contributed by atoms with E-state index in [0.29, 0.717) is 17.7 Å². The van der Waals surface area contributed by atoms with Crippen molar-refractivity contribution in [2.45, 2.75) is 45.4 Å². The van der Waals surface area contributed by atoms with Crippen LogP contribution in [0.4, 0.5) is 21.0 Å². The van der Waals surface area contributed by atoms with E-state index >= 15 is 0 Å². The summed E-state index contributed by atoms with van der Waals surface area (Å²) in [7, 11) is 0. The van der Waals surface area contributed by atoms with Gasteiger partial charge in [-0.1, -0.05) is 26.0 Å². The van der Waals surface area contributed by atoms with Gasteiger partial charge in [0, 0.05) is 24.4 Å². The van der Waals surface area contributed by atoms with E-state index in [2.05, 4.69) is 16.0 Å². The van der Waals surface area contributed by atoms with E-state index in [1.54, 1.807) is 38.1 Å². The molecule has 4 amide bonds. The van der Waals surface area contributed by atoms with E-state index in [1.807, 2.05) is 0 Å². The molecule has 2 aromatic rings. The Hall–Kier alpha value is -4.72. The summed E-state index contributed by atoms with van der Waals surface area (Å²) in [6.45, 7) is 3.68. The fourth-order valence-electron chi connectivity index (χ4n) is 3.17. The smallest absolute Gasteiger partial charge is 0.429 e. The largest absolute Gasteiger partial charge is 0.514 e. The van der Waals surface area contributed by atoms with Crippen LogP contribution in [-0.4, -0.2) is 47.6 Å². The Morgan fingerprint density at radius 1 is 1.00 bits per heavy atom. The van der Waals surface area contributed by atoms with E-state index in [0.717, 1.165) is 0 Å². The number of ether oxygens (including phenoxy) is 2. The minimum atomic E-state index is -0.995. The van der Waals surface area contributed by atoms with Gasteiger partial charge in [-0.2, -0.15) is 0 Å². The van der Waals surface area contributed by atoms with Gasteiger partial charge in [0.25, 0.3) is 5.69 Å². The number of nitrogens with zero attached hydrogens (tertiary/aromatic N) is 1. The van der Waals surface area contributed by atoms with Crippen molar-refractivity contribution in [2.24, 2.45) is 17.4 Å². The van der Waals surface area contributed by atoms with Crippen molar-refractivity contribution < 1.29 is 33.6 Å². The molecule has 0 aliphatic rings. The summed E-state index contributed by atoms with van der Waals surface area (Å²) in [6, 6.07) is 8.97. The monoisotopic (exact) mass is 544 g/mol. The zero-order valence-corrected chi connectivity index (χ0v) is 21.5. The van der Waals surface area contributed by atoms with Gasteiger partial charge in [0.1, 0.15) is 18.4 Å².